The molecule has 0 radical (unpaired) electrons. The molecule has 0 aliphatic rings. The Labute approximate surface area is 105 Å². The van der Waals surface area contributed by atoms with Crippen LogP contribution in [-0.2, 0) is 0 Å². The van der Waals surface area contributed by atoms with Gasteiger partial charge in [0.15, 0.2) is 0 Å². The molecule has 1 unspecified atom stereocenters. The Morgan fingerprint density at radius 3 is 2.50 bits per heavy atom. The number of benzene rings is 1. The minimum Gasteiger partial charge on any atom is -0.309 e. The highest BCUT2D eigenvalue weighted by atomic mass is 19.1. The van der Waals surface area contributed by atoms with Gasteiger partial charge in [0.2, 0.25) is 0 Å². The highest BCUT2D eigenvalue weighted by molar-refractivity contribution is 5.36. The number of hydrogen-bond acceptors (Lipinski definition) is 2. The largest absolute Gasteiger partial charge is 0.309 e. The summed E-state index contributed by atoms with van der Waals surface area (Å²) in [6.07, 6.45) is 2.76. The molecule has 1 aromatic carbocycles. The van der Waals surface area contributed by atoms with Gasteiger partial charge in [0.05, 0.1) is 12.2 Å². The zero-order valence-electron chi connectivity index (χ0n) is 10.2. The van der Waals surface area contributed by atoms with Gasteiger partial charge in [-0.15, -0.1) is 0 Å². The van der Waals surface area contributed by atoms with E-state index in [1.807, 2.05) is 6.92 Å². The Hall–Kier alpha value is -1.81. The van der Waals surface area contributed by atoms with Crippen LogP contribution < -0.4 is 5.32 Å². The molecule has 4 heteroatoms. The smallest absolute Gasteiger partial charge is 0.141 e. The second-order valence-corrected chi connectivity index (χ2v) is 4.16. The number of pyridine rings is 1. The van der Waals surface area contributed by atoms with Crippen molar-refractivity contribution in [1.82, 2.24) is 10.3 Å². The highest BCUT2D eigenvalue weighted by Gasteiger charge is 2.15. The molecule has 1 aromatic heterocycles. The number of nitrogens with zero attached hydrogens (tertiary/aromatic N) is 1. The van der Waals surface area contributed by atoms with Gasteiger partial charge in [0.1, 0.15) is 11.6 Å². The number of aryl methyl sites for hydroxylation is 1. The first-order chi connectivity index (χ1) is 8.61. The first-order valence-corrected chi connectivity index (χ1v) is 5.65. The zero-order chi connectivity index (χ0) is 13.1. The lowest BCUT2D eigenvalue weighted by atomic mass is 9.96. The molecule has 18 heavy (non-hydrogen) atoms. The molecular formula is C14H14F2N2. The average molecular weight is 248 g/mol. The summed E-state index contributed by atoms with van der Waals surface area (Å²) in [6.45, 7) is 1.83. The molecule has 0 aliphatic heterocycles. The Morgan fingerprint density at radius 2 is 1.89 bits per heavy atom. The van der Waals surface area contributed by atoms with Crippen LogP contribution in [0.2, 0.25) is 0 Å². The summed E-state index contributed by atoms with van der Waals surface area (Å²) >= 11 is 0. The number of rotatable bonds is 3. The van der Waals surface area contributed by atoms with Crippen LogP contribution in [0.3, 0.4) is 0 Å². The lowest BCUT2D eigenvalue weighted by Gasteiger charge is -2.19. The Kier molecular flexibility index (Phi) is 3.67. The fourth-order valence-electron chi connectivity index (χ4n) is 2.05. The summed E-state index contributed by atoms with van der Waals surface area (Å²) in [5.41, 5.74) is 2.44. The molecule has 2 rings (SSSR count). The average Bonchev–Trinajstić information content (AvgIpc) is 2.33. The van der Waals surface area contributed by atoms with Gasteiger partial charge < -0.3 is 5.32 Å². The first kappa shape index (κ1) is 12.6. The molecule has 1 N–H and O–H groups in total. The topological polar surface area (TPSA) is 24.9 Å². The Morgan fingerprint density at radius 1 is 1.11 bits per heavy atom. The molecule has 0 amide bonds. The fraction of sp³-hybridized carbons (Fsp3) is 0.214. The second-order valence-electron chi connectivity index (χ2n) is 4.16. The maximum absolute atomic E-state index is 13.2. The zero-order valence-corrected chi connectivity index (χ0v) is 10.2. The molecule has 0 spiro atoms. The number of aromatic nitrogens is 1. The van der Waals surface area contributed by atoms with Crippen LogP contribution in [0.25, 0.3) is 0 Å². The van der Waals surface area contributed by atoms with Crippen LogP contribution in [0.5, 0.6) is 0 Å². The van der Waals surface area contributed by atoms with Crippen molar-refractivity contribution < 1.29 is 8.78 Å². The molecule has 1 atom stereocenters. The van der Waals surface area contributed by atoms with Crippen LogP contribution in [-0.4, -0.2) is 12.0 Å². The van der Waals surface area contributed by atoms with E-state index in [-0.39, 0.29) is 17.7 Å². The monoisotopic (exact) mass is 248 g/mol. The van der Waals surface area contributed by atoms with Gasteiger partial charge in [-0.1, -0.05) is 6.07 Å². The molecule has 0 saturated heterocycles. The van der Waals surface area contributed by atoms with E-state index in [4.69, 9.17) is 0 Å². The second kappa shape index (κ2) is 5.23. The third kappa shape index (κ3) is 2.54. The summed E-state index contributed by atoms with van der Waals surface area (Å²) < 4.78 is 26.3. The van der Waals surface area contributed by atoms with E-state index in [9.17, 15) is 8.78 Å². The third-order valence-electron chi connectivity index (χ3n) is 2.89. The summed E-state index contributed by atoms with van der Waals surface area (Å²) in [7, 11) is 1.78. The molecule has 0 bridgehead atoms. The molecule has 0 saturated carbocycles. The van der Waals surface area contributed by atoms with Crippen molar-refractivity contribution in [1.29, 1.82) is 0 Å². The van der Waals surface area contributed by atoms with E-state index < -0.39 is 0 Å². The van der Waals surface area contributed by atoms with E-state index in [2.05, 4.69) is 10.3 Å². The van der Waals surface area contributed by atoms with E-state index in [0.29, 0.717) is 5.56 Å². The molecular weight excluding hydrogens is 234 g/mol. The molecule has 0 fully saturated rings. The Balaban J connectivity index is 2.45. The normalized spacial score (nSPS) is 12.4. The van der Waals surface area contributed by atoms with E-state index >= 15 is 0 Å². The quantitative estimate of drug-likeness (QED) is 0.903. The molecule has 2 nitrogen and oxygen atoms in total. The van der Waals surface area contributed by atoms with Crippen LogP contribution in [0.4, 0.5) is 8.78 Å². The van der Waals surface area contributed by atoms with Crippen molar-refractivity contribution >= 4 is 0 Å². The Bertz CT molecular complexity index is 555. The lowest BCUT2D eigenvalue weighted by Crippen LogP contribution is -2.19. The van der Waals surface area contributed by atoms with E-state index in [1.54, 1.807) is 19.3 Å². The van der Waals surface area contributed by atoms with Crippen molar-refractivity contribution in [3.05, 3.63) is 65.0 Å². The van der Waals surface area contributed by atoms with Crippen LogP contribution in [0.15, 0.2) is 36.7 Å². The van der Waals surface area contributed by atoms with Gasteiger partial charge >= 0.3 is 0 Å². The van der Waals surface area contributed by atoms with E-state index in [1.165, 1.54) is 18.2 Å². The van der Waals surface area contributed by atoms with Crippen molar-refractivity contribution in [3.8, 4) is 0 Å². The molecule has 94 valence electrons. The molecule has 0 aliphatic carbocycles. The lowest BCUT2D eigenvalue weighted by molar-refractivity contribution is 0.605. The van der Waals surface area contributed by atoms with Crippen molar-refractivity contribution in [2.75, 3.05) is 7.05 Å². The van der Waals surface area contributed by atoms with Gasteiger partial charge in [-0.25, -0.2) is 8.78 Å². The number of nitrogens with one attached hydrogen (secondary N) is 1. The summed E-state index contributed by atoms with van der Waals surface area (Å²) in [5.74, 6) is -0.656. The first-order valence-electron chi connectivity index (χ1n) is 5.65. The van der Waals surface area contributed by atoms with Gasteiger partial charge in [-0.3, -0.25) is 4.98 Å². The fourth-order valence-corrected chi connectivity index (χ4v) is 2.05. The van der Waals surface area contributed by atoms with E-state index in [0.717, 1.165) is 17.3 Å². The standard InChI is InChI=1S/C14H14F2N2/c1-9-5-11(15)3-4-13(9)14(17-2)10-6-12(16)8-18-7-10/h3-8,14,17H,1-2H3. The maximum Gasteiger partial charge on any atom is 0.141 e. The minimum atomic E-state index is -0.382. The SMILES string of the molecule is CNC(c1cncc(F)c1)c1ccc(F)cc1C. The predicted octanol–water partition coefficient (Wildman–Crippen LogP) is 2.98. The van der Waals surface area contributed by atoms with Gasteiger partial charge in [0.25, 0.3) is 0 Å². The summed E-state index contributed by atoms with van der Waals surface area (Å²) in [5, 5.41) is 3.09. The predicted molar refractivity (Wildman–Crippen MR) is 66.2 cm³/mol. The number of hydrogen-bond donors (Lipinski definition) is 1. The van der Waals surface area contributed by atoms with Crippen molar-refractivity contribution in [2.45, 2.75) is 13.0 Å². The van der Waals surface area contributed by atoms with Gasteiger partial charge in [-0.05, 0) is 48.9 Å². The highest BCUT2D eigenvalue weighted by Crippen LogP contribution is 2.25. The molecule has 2 aromatic rings. The van der Waals surface area contributed by atoms with Crippen LogP contribution >= 0.6 is 0 Å². The number of halogens is 2. The third-order valence-corrected chi connectivity index (χ3v) is 2.89. The van der Waals surface area contributed by atoms with Gasteiger partial charge in [-0.2, -0.15) is 0 Å². The van der Waals surface area contributed by atoms with Gasteiger partial charge in [0, 0.05) is 6.20 Å². The summed E-state index contributed by atoms with van der Waals surface area (Å²) in [6, 6.07) is 5.80. The van der Waals surface area contributed by atoms with Crippen molar-refractivity contribution in [2.24, 2.45) is 0 Å². The van der Waals surface area contributed by atoms with Crippen molar-refractivity contribution in [3.63, 3.8) is 0 Å². The van der Waals surface area contributed by atoms with Crippen LogP contribution in [0, 0.1) is 18.6 Å². The van der Waals surface area contributed by atoms with Crippen LogP contribution in [0.1, 0.15) is 22.7 Å². The minimum absolute atomic E-state index is 0.200. The maximum atomic E-state index is 13.2. The summed E-state index contributed by atoms with van der Waals surface area (Å²) in [4.78, 5) is 3.84. The molecule has 1 heterocycles.